The van der Waals surface area contributed by atoms with E-state index in [1.165, 1.54) is 24.5 Å². The van der Waals surface area contributed by atoms with Gasteiger partial charge in [0.2, 0.25) is 0 Å². The third-order valence-corrected chi connectivity index (χ3v) is 2.67. The monoisotopic (exact) mass is 293 g/mol. The number of H-pyrrole nitrogens is 1. The van der Waals surface area contributed by atoms with Gasteiger partial charge in [-0.25, -0.2) is 5.10 Å². The number of aromatic nitrogens is 2. The molecule has 0 aliphatic rings. The topological polar surface area (TPSA) is 113 Å². The Hall–Kier alpha value is -2.74. The molecule has 9 heteroatoms. The molecule has 0 atom stereocenters. The highest BCUT2D eigenvalue weighted by atomic mass is 35.5. The molecule has 0 amide bonds. The van der Waals surface area contributed by atoms with Gasteiger partial charge >= 0.3 is 0 Å². The van der Waals surface area contributed by atoms with Crippen LogP contribution in [-0.2, 0) is 0 Å². The van der Waals surface area contributed by atoms with Crippen LogP contribution in [-0.4, -0.2) is 21.3 Å². The molecule has 102 valence electrons. The zero-order valence-corrected chi connectivity index (χ0v) is 10.7. The highest BCUT2D eigenvalue weighted by Gasteiger charge is 2.04. The molecule has 20 heavy (non-hydrogen) atoms. The molecule has 1 aromatic carbocycles. The van der Waals surface area contributed by atoms with Crippen molar-refractivity contribution >= 4 is 29.2 Å². The number of non-ortho nitro benzene ring substituents is 1. The molecular formula is C11H8ClN5O3. The molecule has 0 unspecified atom stereocenters. The van der Waals surface area contributed by atoms with E-state index >= 15 is 0 Å². The van der Waals surface area contributed by atoms with Gasteiger partial charge in [0.15, 0.2) is 0 Å². The van der Waals surface area contributed by atoms with Crippen molar-refractivity contribution in [2.75, 3.05) is 5.43 Å². The average Bonchev–Trinajstić information content (AvgIpc) is 2.44. The summed E-state index contributed by atoms with van der Waals surface area (Å²) in [5, 5.41) is 20.0. The largest absolute Gasteiger partial charge is 0.285 e. The van der Waals surface area contributed by atoms with Crippen molar-refractivity contribution in [3.8, 4) is 0 Å². The van der Waals surface area contributed by atoms with Crippen LogP contribution in [0, 0.1) is 10.1 Å². The lowest BCUT2D eigenvalue weighted by Crippen LogP contribution is -2.10. The molecule has 0 aliphatic heterocycles. The van der Waals surface area contributed by atoms with E-state index in [9.17, 15) is 14.9 Å². The van der Waals surface area contributed by atoms with E-state index in [2.05, 4.69) is 20.7 Å². The second-order valence-electron chi connectivity index (χ2n) is 3.65. The number of hydrogen-bond acceptors (Lipinski definition) is 6. The summed E-state index contributed by atoms with van der Waals surface area (Å²) in [7, 11) is 0. The number of rotatable bonds is 4. The first-order chi connectivity index (χ1) is 9.58. The predicted molar refractivity (Wildman–Crippen MR) is 74.2 cm³/mol. The molecular weight excluding hydrogens is 286 g/mol. The summed E-state index contributed by atoms with van der Waals surface area (Å²) >= 11 is 5.74. The van der Waals surface area contributed by atoms with Crippen LogP contribution in [0.3, 0.4) is 0 Å². The second-order valence-corrected chi connectivity index (χ2v) is 4.02. The van der Waals surface area contributed by atoms with Crippen molar-refractivity contribution in [2.45, 2.75) is 0 Å². The minimum absolute atomic E-state index is 0.00283. The fourth-order valence-electron chi connectivity index (χ4n) is 1.32. The lowest BCUT2D eigenvalue weighted by Gasteiger charge is -2.00. The summed E-state index contributed by atoms with van der Waals surface area (Å²) in [5.41, 5.74) is 2.94. The molecule has 8 nitrogen and oxygen atoms in total. The van der Waals surface area contributed by atoms with Crippen molar-refractivity contribution in [3.63, 3.8) is 0 Å². The first kappa shape index (κ1) is 13.7. The Morgan fingerprint density at radius 3 is 2.75 bits per heavy atom. The van der Waals surface area contributed by atoms with Gasteiger partial charge in [-0.05, 0) is 17.7 Å². The van der Waals surface area contributed by atoms with Crippen molar-refractivity contribution in [1.29, 1.82) is 0 Å². The Morgan fingerprint density at radius 2 is 2.10 bits per heavy atom. The molecule has 0 aliphatic carbocycles. The van der Waals surface area contributed by atoms with Crippen LogP contribution < -0.4 is 11.0 Å². The first-order valence-electron chi connectivity index (χ1n) is 5.34. The van der Waals surface area contributed by atoms with Gasteiger partial charge in [0.05, 0.1) is 17.3 Å². The van der Waals surface area contributed by atoms with Gasteiger partial charge in [0.25, 0.3) is 11.2 Å². The standard InChI is InChI=1S/C11H8ClN5O3/c12-10-9(6-14-16-11(10)18)15-13-5-7-1-3-8(4-2-7)17(19)20/h1-6H,(H2,15,16,18)/b13-5-. The van der Waals surface area contributed by atoms with E-state index in [1.54, 1.807) is 12.1 Å². The Kier molecular flexibility index (Phi) is 4.06. The van der Waals surface area contributed by atoms with E-state index < -0.39 is 10.5 Å². The fourth-order valence-corrected chi connectivity index (χ4v) is 1.45. The average molecular weight is 294 g/mol. The normalized spacial score (nSPS) is 10.7. The molecule has 2 N–H and O–H groups in total. The van der Waals surface area contributed by atoms with E-state index in [0.29, 0.717) is 5.56 Å². The SMILES string of the molecule is O=c1[nH]ncc(N/N=C\c2ccc([N+](=O)[O-])cc2)c1Cl. The molecule has 0 fully saturated rings. The molecule has 0 saturated carbocycles. The van der Waals surface area contributed by atoms with Crippen LogP contribution in [0.15, 0.2) is 40.4 Å². The maximum Gasteiger partial charge on any atom is 0.285 e. The molecule has 0 radical (unpaired) electrons. The molecule has 2 rings (SSSR count). The summed E-state index contributed by atoms with van der Waals surface area (Å²) in [4.78, 5) is 21.2. The fraction of sp³-hybridized carbons (Fsp3) is 0. The Labute approximate surface area is 117 Å². The quantitative estimate of drug-likeness (QED) is 0.507. The number of nitro groups is 1. The molecule has 2 aromatic rings. The Balaban J connectivity index is 2.08. The summed E-state index contributed by atoms with van der Waals surface area (Å²) in [6, 6.07) is 5.81. The number of aromatic amines is 1. The van der Waals surface area contributed by atoms with Crippen molar-refractivity contribution in [2.24, 2.45) is 5.10 Å². The van der Waals surface area contributed by atoms with Crippen LogP contribution in [0.5, 0.6) is 0 Å². The zero-order chi connectivity index (χ0) is 14.5. The second kappa shape index (κ2) is 5.93. The van der Waals surface area contributed by atoms with Gasteiger partial charge < -0.3 is 0 Å². The van der Waals surface area contributed by atoms with Gasteiger partial charge in [-0.3, -0.25) is 20.3 Å². The summed E-state index contributed by atoms with van der Waals surface area (Å²) in [6.07, 6.45) is 2.75. The predicted octanol–water partition coefficient (Wildman–Crippen LogP) is 1.78. The molecule has 0 spiro atoms. The summed E-state index contributed by atoms with van der Waals surface area (Å²) < 4.78 is 0. The number of halogens is 1. The van der Waals surface area contributed by atoms with Gasteiger partial charge in [-0.15, -0.1) is 0 Å². The van der Waals surface area contributed by atoms with Crippen molar-refractivity contribution in [3.05, 3.63) is 61.5 Å². The Bertz CT molecular complexity index is 711. The van der Waals surface area contributed by atoms with Gasteiger partial charge in [-0.1, -0.05) is 11.6 Å². The number of anilines is 1. The molecule has 1 aromatic heterocycles. The van der Waals surface area contributed by atoms with Crippen molar-refractivity contribution in [1.82, 2.24) is 10.2 Å². The van der Waals surface area contributed by atoms with E-state index in [4.69, 9.17) is 11.6 Å². The lowest BCUT2D eigenvalue weighted by atomic mass is 10.2. The van der Waals surface area contributed by atoms with Crippen molar-refractivity contribution < 1.29 is 4.92 Å². The minimum Gasteiger partial charge on any atom is -0.275 e. The smallest absolute Gasteiger partial charge is 0.275 e. The third kappa shape index (κ3) is 3.18. The number of nitrogens with one attached hydrogen (secondary N) is 2. The van der Waals surface area contributed by atoms with Crippen LogP contribution in [0.25, 0.3) is 0 Å². The number of hydrogen-bond donors (Lipinski definition) is 2. The third-order valence-electron chi connectivity index (χ3n) is 2.30. The van der Waals surface area contributed by atoms with Gasteiger partial charge in [0, 0.05) is 12.1 Å². The highest BCUT2D eigenvalue weighted by Crippen LogP contribution is 2.14. The number of nitro benzene ring substituents is 1. The number of nitrogens with zero attached hydrogens (tertiary/aromatic N) is 3. The molecule has 0 saturated heterocycles. The number of benzene rings is 1. The lowest BCUT2D eigenvalue weighted by molar-refractivity contribution is -0.384. The van der Waals surface area contributed by atoms with E-state index in [0.717, 1.165) is 0 Å². The summed E-state index contributed by atoms with van der Waals surface area (Å²) in [6.45, 7) is 0. The first-order valence-corrected chi connectivity index (χ1v) is 5.72. The number of hydrazone groups is 1. The maximum absolute atomic E-state index is 11.2. The van der Waals surface area contributed by atoms with Crippen LogP contribution in [0.1, 0.15) is 5.56 Å². The Morgan fingerprint density at radius 1 is 1.40 bits per heavy atom. The molecule has 1 heterocycles. The minimum atomic E-state index is -0.526. The van der Waals surface area contributed by atoms with Crippen LogP contribution in [0.2, 0.25) is 5.02 Å². The van der Waals surface area contributed by atoms with E-state index in [1.807, 2.05) is 0 Å². The zero-order valence-electron chi connectivity index (χ0n) is 9.91. The van der Waals surface area contributed by atoms with E-state index in [-0.39, 0.29) is 16.4 Å². The summed E-state index contributed by atoms with van der Waals surface area (Å²) in [5.74, 6) is 0. The van der Waals surface area contributed by atoms with Crippen LogP contribution >= 0.6 is 11.6 Å². The van der Waals surface area contributed by atoms with Gasteiger partial charge in [0.1, 0.15) is 10.7 Å². The molecule has 0 bridgehead atoms. The maximum atomic E-state index is 11.2. The van der Waals surface area contributed by atoms with Crippen LogP contribution in [0.4, 0.5) is 11.4 Å². The highest BCUT2D eigenvalue weighted by molar-refractivity contribution is 6.32. The van der Waals surface area contributed by atoms with Gasteiger partial charge in [-0.2, -0.15) is 10.2 Å².